The molecule has 1 saturated heterocycles. The predicted octanol–water partition coefficient (Wildman–Crippen LogP) is 4.57. The first-order valence-corrected chi connectivity index (χ1v) is 8.16. The Balaban J connectivity index is 2.09. The zero-order valence-corrected chi connectivity index (χ0v) is 13.6. The number of halogens is 2. The second kappa shape index (κ2) is 7.63. The van der Waals surface area contributed by atoms with E-state index in [2.05, 4.69) is 34.2 Å². The molecule has 0 spiro atoms. The summed E-state index contributed by atoms with van der Waals surface area (Å²) < 4.78 is 7.00. The summed E-state index contributed by atoms with van der Waals surface area (Å²) in [6, 6.07) is 6.07. The van der Waals surface area contributed by atoms with E-state index in [-0.39, 0.29) is 6.10 Å². The van der Waals surface area contributed by atoms with Crippen molar-refractivity contribution in [2.45, 2.75) is 32.3 Å². The van der Waals surface area contributed by atoms with Crippen LogP contribution in [0.5, 0.6) is 0 Å². The molecule has 1 aromatic rings. The average molecular weight is 347 g/mol. The first-order chi connectivity index (χ1) is 9.22. The zero-order chi connectivity index (χ0) is 13.7. The third kappa shape index (κ3) is 4.19. The van der Waals surface area contributed by atoms with Crippen LogP contribution in [0.3, 0.4) is 0 Å². The highest BCUT2D eigenvalue weighted by atomic mass is 79.9. The molecule has 4 heteroatoms. The van der Waals surface area contributed by atoms with Crippen LogP contribution in [-0.4, -0.2) is 19.7 Å². The largest absolute Gasteiger partial charge is 0.373 e. The minimum Gasteiger partial charge on any atom is -0.373 e. The van der Waals surface area contributed by atoms with Crippen molar-refractivity contribution < 1.29 is 4.74 Å². The van der Waals surface area contributed by atoms with Crippen LogP contribution in [-0.2, 0) is 4.74 Å². The molecule has 0 radical (unpaired) electrons. The third-order valence-electron chi connectivity index (χ3n) is 3.55. The SMILES string of the molecule is CCCNCC1CCCOC1c1ccc(Br)cc1Cl. The molecule has 106 valence electrons. The summed E-state index contributed by atoms with van der Waals surface area (Å²) in [5.74, 6) is 0.513. The normalized spacial score (nSPS) is 23.5. The molecule has 0 aromatic heterocycles. The van der Waals surface area contributed by atoms with E-state index in [1.165, 1.54) is 6.42 Å². The Hall–Kier alpha value is -0.0900. The molecule has 1 N–H and O–H groups in total. The van der Waals surface area contributed by atoms with Crippen molar-refractivity contribution in [3.8, 4) is 0 Å². The Morgan fingerprint density at radius 3 is 3.05 bits per heavy atom. The number of hydrogen-bond acceptors (Lipinski definition) is 2. The summed E-state index contributed by atoms with van der Waals surface area (Å²) >= 11 is 9.81. The molecule has 2 rings (SSSR count). The quantitative estimate of drug-likeness (QED) is 0.789. The van der Waals surface area contributed by atoms with Gasteiger partial charge in [0.25, 0.3) is 0 Å². The van der Waals surface area contributed by atoms with Crippen LogP contribution in [0.25, 0.3) is 0 Å². The Morgan fingerprint density at radius 2 is 2.32 bits per heavy atom. The third-order valence-corrected chi connectivity index (χ3v) is 4.37. The summed E-state index contributed by atoms with van der Waals surface area (Å²) in [5, 5.41) is 4.30. The first-order valence-electron chi connectivity index (χ1n) is 6.99. The summed E-state index contributed by atoms with van der Waals surface area (Å²) in [7, 11) is 0. The predicted molar refractivity (Wildman–Crippen MR) is 83.7 cm³/mol. The van der Waals surface area contributed by atoms with Crippen molar-refractivity contribution in [2.75, 3.05) is 19.7 Å². The Morgan fingerprint density at radius 1 is 1.47 bits per heavy atom. The number of hydrogen-bond donors (Lipinski definition) is 1. The van der Waals surface area contributed by atoms with Crippen LogP contribution in [0.2, 0.25) is 5.02 Å². The van der Waals surface area contributed by atoms with E-state index in [1.54, 1.807) is 0 Å². The lowest BCUT2D eigenvalue weighted by atomic mass is 9.89. The van der Waals surface area contributed by atoms with Crippen molar-refractivity contribution in [3.63, 3.8) is 0 Å². The van der Waals surface area contributed by atoms with Gasteiger partial charge in [0.1, 0.15) is 0 Å². The fourth-order valence-electron chi connectivity index (χ4n) is 2.59. The summed E-state index contributed by atoms with van der Waals surface area (Å²) in [6.45, 7) is 5.09. The molecular formula is C15H21BrClNO. The zero-order valence-electron chi connectivity index (χ0n) is 11.3. The van der Waals surface area contributed by atoms with E-state index in [1.807, 2.05) is 12.1 Å². The molecule has 2 nitrogen and oxygen atoms in total. The summed E-state index contributed by atoms with van der Waals surface area (Å²) in [5.41, 5.74) is 1.12. The van der Waals surface area contributed by atoms with E-state index in [9.17, 15) is 0 Å². The molecule has 2 atom stereocenters. The van der Waals surface area contributed by atoms with Crippen LogP contribution in [0.15, 0.2) is 22.7 Å². The molecular weight excluding hydrogens is 326 g/mol. The van der Waals surface area contributed by atoms with Gasteiger partial charge in [-0.1, -0.05) is 40.5 Å². The van der Waals surface area contributed by atoms with Gasteiger partial charge in [-0.15, -0.1) is 0 Å². The number of ether oxygens (including phenoxy) is 1. The molecule has 1 heterocycles. The molecule has 0 amide bonds. The topological polar surface area (TPSA) is 21.3 Å². The second-order valence-corrected chi connectivity index (χ2v) is 6.39. The van der Waals surface area contributed by atoms with Crippen molar-refractivity contribution in [1.82, 2.24) is 5.32 Å². The molecule has 1 aromatic carbocycles. The van der Waals surface area contributed by atoms with Gasteiger partial charge in [-0.3, -0.25) is 0 Å². The van der Waals surface area contributed by atoms with Crippen LogP contribution >= 0.6 is 27.5 Å². The van der Waals surface area contributed by atoms with Crippen molar-refractivity contribution >= 4 is 27.5 Å². The van der Waals surface area contributed by atoms with Gasteiger partial charge in [0.15, 0.2) is 0 Å². The van der Waals surface area contributed by atoms with Gasteiger partial charge in [0, 0.05) is 28.6 Å². The lowest BCUT2D eigenvalue weighted by Crippen LogP contribution is -2.32. The van der Waals surface area contributed by atoms with E-state index in [4.69, 9.17) is 16.3 Å². The molecule has 2 unspecified atom stereocenters. The first kappa shape index (κ1) is 15.3. The molecule has 19 heavy (non-hydrogen) atoms. The van der Waals surface area contributed by atoms with E-state index in [0.717, 1.165) is 47.6 Å². The van der Waals surface area contributed by atoms with Crippen LogP contribution in [0.4, 0.5) is 0 Å². The van der Waals surface area contributed by atoms with Crippen molar-refractivity contribution in [1.29, 1.82) is 0 Å². The van der Waals surface area contributed by atoms with Gasteiger partial charge in [0.2, 0.25) is 0 Å². The van der Waals surface area contributed by atoms with Crippen molar-refractivity contribution in [3.05, 3.63) is 33.3 Å². The smallest absolute Gasteiger partial charge is 0.0879 e. The van der Waals surface area contributed by atoms with Gasteiger partial charge in [-0.05, 0) is 43.5 Å². The lowest BCUT2D eigenvalue weighted by molar-refractivity contribution is -0.0276. The van der Waals surface area contributed by atoms with E-state index >= 15 is 0 Å². The van der Waals surface area contributed by atoms with Gasteiger partial charge >= 0.3 is 0 Å². The Kier molecular flexibility index (Phi) is 6.14. The molecule has 1 aliphatic rings. The van der Waals surface area contributed by atoms with Gasteiger partial charge in [0.05, 0.1) is 6.10 Å². The molecule has 0 aliphatic carbocycles. The van der Waals surface area contributed by atoms with Crippen molar-refractivity contribution in [2.24, 2.45) is 5.92 Å². The molecule has 1 aliphatic heterocycles. The Bertz CT molecular complexity index is 413. The van der Waals surface area contributed by atoms with Gasteiger partial charge < -0.3 is 10.1 Å². The van der Waals surface area contributed by atoms with E-state index in [0.29, 0.717) is 5.92 Å². The second-order valence-electron chi connectivity index (χ2n) is 5.06. The summed E-state index contributed by atoms with van der Waals surface area (Å²) in [6.07, 6.45) is 3.63. The highest BCUT2D eigenvalue weighted by Gasteiger charge is 2.28. The number of rotatable bonds is 5. The van der Waals surface area contributed by atoms with Gasteiger partial charge in [-0.2, -0.15) is 0 Å². The Labute approximate surface area is 129 Å². The van der Waals surface area contributed by atoms with Gasteiger partial charge in [-0.25, -0.2) is 0 Å². The number of benzene rings is 1. The van der Waals surface area contributed by atoms with Crippen LogP contribution in [0.1, 0.15) is 37.9 Å². The highest BCUT2D eigenvalue weighted by Crippen LogP contribution is 2.37. The average Bonchev–Trinajstić information content (AvgIpc) is 2.40. The maximum absolute atomic E-state index is 6.36. The molecule has 1 fully saturated rings. The number of nitrogens with one attached hydrogen (secondary N) is 1. The maximum atomic E-state index is 6.36. The fourth-order valence-corrected chi connectivity index (χ4v) is 3.37. The maximum Gasteiger partial charge on any atom is 0.0879 e. The fraction of sp³-hybridized carbons (Fsp3) is 0.600. The summed E-state index contributed by atoms with van der Waals surface area (Å²) in [4.78, 5) is 0. The standard InChI is InChI=1S/C15H21BrClNO/c1-2-7-18-10-11-4-3-8-19-15(11)13-6-5-12(16)9-14(13)17/h5-6,9,11,15,18H,2-4,7-8,10H2,1H3. The van der Waals surface area contributed by atoms with Crippen LogP contribution < -0.4 is 5.32 Å². The van der Waals surface area contributed by atoms with E-state index < -0.39 is 0 Å². The monoisotopic (exact) mass is 345 g/mol. The lowest BCUT2D eigenvalue weighted by Gasteiger charge is -2.33. The molecule has 0 bridgehead atoms. The highest BCUT2D eigenvalue weighted by molar-refractivity contribution is 9.10. The molecule has 0 saturated carbocycles. The minimum absolute atomic E-state index is 0.124. The van der Waals surface area contributed by atoms with Crippen LogP contribution in [0, 0.1) is 5.92 Å². The minimum atomic E-state index is 0.124.